The summed E-state index contributed by atoms with van der Waals surface area (Å²) in [4.78, 5) is 0. The maximum absolute atomic E-state index is 5.20. The Morgan fingerprint density at radius 1 is 1.47 bits per heavy atom. The Hall–Kier alpha value is -1.07. The number of nitrogens with zero attached hydrogens (tertiary/aromatic N) is 2. The van der Waals surface area contributed by atoms with Gasteiger partial charge in [-0.25, -0.2) is 0 Å². The molecule has 0 aliphatic carbocycles. The summed E-state index contributed by atoms with van der Waals surface area (Å²) < 4.78 is 8.37. The van der Waals surface area contributed by atoms with Crippen molar-refractivity contribution in [1.82, 2.24) is 15.1 Å². The van der Waals surface area contributed by atoms with Crippen molar-refractivity contribution in [2.75, 3.05) is 6.54 Å². The molecule has 0 saturated heterocycles. The first-order chi connectivity index (χ1) is 9.17. The van der Waals surface area contributed by atoms with Crippen LogP contribution < -0.4 is 5.32 Å². The Balaban J connectivity index is 2.27. The molecule has 1 N–H and O–H groups in total. The third kappa shape index (κ3) is 3.09. The normalized spacial score (nSPS) is 12.8. The van der Waals surface area contributed by atoms with Gasteiger partial charge in [-0.3, -0.25) is 4.68 Å². The van der Waals surface area contributed by atoms with Crippen LogP contribution in [0.15, 0.2) is 27.5 Å². The van der Waals surface area contributed by atoms with E-state index in [1.165, 1.54) is 11.3 Å². The Labute approximate surface area is 122 Å². The van der Waals surface area contributed by atoms with Gasteiger partial charge < -0.3 is 9.73 Å². The maximum Gasteiger partial charge on any atom is 0.0950 e. The minimum absolute atomic E-state index is 0.251. The van der Waals surface area contributed by atoms with Gasteiger partial charge in [-0.2, -0.15) is 5.10 Å². The van der Waals surface area contributed by atoms with Gasteiger partial charge >= 0.3 is 0 Å². The standard InChI is InChI=1S/C14H20BrN3O/c1-4-16-12(11-6-7-19-9-11)8-13-14(15)10(3)17-18(13)5-2/h6-7,9,12,16H,4-5,8H2,1-3H3. The molecule has 0 aromatic carbocycles. The van der Waals surface area contributed by atoms with Crippen molar-refractivity contribution in [3.05, 3.63) is 40.0 Å². The van der Waals surface area contributed by atoms with Crippen molar-refractivity contribution in [1.29, 1.82) is 0 Å². The molecule has 2 heterocycles. The predicted octanol–water partition coefficient (Wildman–Crippen LogP) is 3.46. The lowest BCUT2D eigenvalue weighted by atomic mass is 10.0. The third-order valence-corrected chi connectivity index (χ3v) is 4.28. The van der Waals surface area contributed by atoms with E-state index in [-0.39, 0.29) is 6.04 Å². The number of aryl methyl sites for hydroxylation is 2. The molecule has 1 unspecified atom stereocenters. The molecular weight excluding hydrogens is 306 g/mol. The summed E-state index contributed by atoms with van der Waals surface area (Å²) in [5.41, 5.74) is 3.45. The molecule has 4 nitrogen and oxygen atoms in total. The number of rotatable bonds is 6. The minimum atomic E-state index is 0.251. The van der Waals surface area contributed by atoms with E-state index in [0.29, 0.717) is 0 Å². The summed E-state index contributed by atoms with van der Waals surface area (Å²) >= 11 is 3.65. The molecule has 2 aromatic rings. The fourth-order valence-corrected chi connectivity index (χ4v) is 2.73. The van der Waals surface area contributed by atoms with Gasteiger partial charge in [0.25, 0.3) is 0 Å². The molecule has 0 amide bonds. The molecule has 19 heavy (non-hydrogen) atoms. The van der Waals surface area contributed by atoms with Gasteiger partial charge in [-0.15, -0.1) is 0 Å². The van der Waals surface area contributed by atoms with Crippen molar-refractivity contribution < 1.29 is 4.42 Å². The molecule has 0 aliphatic heterocycles. The van der Waals surface area contributed by atoms with E-state index in [1.807, 2.05) is 13.0 Å². The SMILES string of the molecule is CCNC(Cc1c(Br)c(C)nn1CC)c1ccoc1. The monoisotopic (exact) mass is 325 g/mol. The highest BCUT2D eigenvalue weighted by molar-refractivity contribution is 9.10. The number of nitrogens with one attached hydrogen (secondary N) is 1. The van der Waals surface area contributed by atoms with Crippen molar-refractivity contribution in [2.45, 2.75) is 39.8 Å². The molecule has 0 fully saturated rings. The fraction of sp³-hybridized carbons (Fsp3) is 0.500. The van der Waals surface area contributed by atoms with E-state index in [0.717, 1.165) is 29.7 Å². The molecule has 1 atom stereocenters. The van der Waals surface area contributed by atoms with Crippen molar-refractivity contribution in [3.63, 3.8) is 0 Å². The summed E-state index contributed by atoms with van der Waals surface area (Å²) in [5.74, 6) is 0. The van der Waals surface area contributed by atoms with Gasteiger partial charge in [0, 0.05) is 24.6 Å². The summed E-state index contributed by atoms with van der Waals surface area (Å²) in [5, 5.41) is 8.04. The van der Waals surface area contributed by atoms with Crippen LogP contribution in [-0.4, -0.2) is 16.3 Å². The highest BCUT2D eigenvalue weighted by atomic mass is 79.9. The number of aromatic nitrogens is 2. The number of hydrogen-bond acceptors (Lipinski definition) is 3. The van der Waals surface area contributed by atoms with Crippen LogP contribution in [0, 0.1) is 6.92 Å². The summed E-state index contributed by atoms with van der Waals surface area (Å²) in [6, 6.07) is 2.27. The summed E-state index contributed by atoms with van der Waals surface area (Å²) in [6.45, 7) is 8.06. The molecule has 104 valence electrons. The van der Waals surface area contributed by atoms with Gasteiger partial charge in [0.15, 0.2) is 0 Å². The van der Waals surface area contributed by atoms with E-state index in [4.69, 9.17) is 4.42 Å². The van der Waals surface area contributed by atoms with Crippen molar-refractivity contribution >= 4 is 15.9 Å². The van der Waals surface area contributed by atoms with Crippen molar-refractivity contribution in [2.24, 2.45) is 0 Å². The van der Waals surface area contributed by atoms with Crippen LogP contribution in [0.25, 0.3) is 0 Å². The number of hydrogen-bond donors (Lipinski definition) is 1. The topological polar surface area (TPSA) is 43.0 Å². The lowest BCUT2D eigenvalue weighted by molar-refractivity contribution is 0.503. The Morgan fingerprint density at radius 2 is 2.26 bits per heavy atom. The zero-order chi connectivity index (χ0) is 13.8. The highest BCUT2D eigenvalue weighted by Gasteiger charge is 2.19. The Bertz CT molecular complexity index is 519. The second-order valence-corrected chi connectivity index (χ2v) is 5.33. The molecule has 0 bridgehead atoms. The van der Waals surface area contributed by atoms with Crippen LogP contribution in [0.5, 0.6) is 0 Å². The van der Waals surface area contributed by atoms with Crippen LogP contribution in [0.3, 0.4) is 0 Å². The van der Waals surface area contributed by atoms with E-state index in [1.54, 1.807) is 12.5 Å². The van der Waals surface area contributed by atoms with Gasteiger partial charge in [-0.05, 0) is 42.4 Å². The summed E-state index contributed by atoms with van der Waals surface area (Å²) in [6.07, 6.45) is 4.42. The van der Waals surface area contributed by atoms with E-state index in [9.17, 15) is 0 Å². The molecule has 5 heteroatoms. The van der Waals surface area contributed by atoms with Crippen LogP contribution >= 0.6 is 15.9 Å². The Kier molecular flexibility index (Phi) is 4.82. The maximum atomic E-state index is 5.20. The van der Waals surface area contributed by atoms with Crippen LogP contribution in [-0.2, 0) is 13.0 Å². The largest absolute Gasteiger partial charge is 0.472 e. The third-order valence-electron chi connectivity index (χ3n) is 3.25. The molecule has 0 aliphatic rings. The minimum Gasteiger partial charge on any atom is -0.472 e. The molecular formula is C14H20BrN3O. The molecule has 0 radical (unpaired) electrons. The number of furan rings is 1. The Morgan fingerprint density at radius 3 is 2.84 bits per heavy atom. The number of likely N-dealkylation sites (N-methyl/N-ethyl adjacent to an activating group) is 1. The van der Waals surface area contributed by atoms with E-state index >= 15 is 0 Å². The number of halogens is 1. The summed E-state index contributed by atoms with van der Waals surface area (Å²) in [7, 11) is 0. The highest BCUT2D eigenvalue weighted by Crippen LogP contribution is 2.26. The lowest BCUT2D eigenvalue weighted by Crippen LogP contribution is -2.23. The van der Waals surface area contributed by atoms with Crippen LogP contribution in [0.4, 0.5) is 0 Å². The van der Waals surface area contributed by atoms with Crippen LogP contribution in [0.2, 0.25) is 0 Å². The average Bonchev–Trinajstić information content (AvgIpc) is 3.01. The first-order valence-corrected chi connectivity index (χ1v) is 7.43. The predicted molar refractivity (Wildman–Crippen MR) is 79.2 cm³/mol. The fourth-order valence-electron chi connectivity index (χ4n) is 2.28. The van der Waals surface area contributed by atoms with Gasteiger partial charge in [-0.1, -0.05) is 6.92 Å². The second kappa shape index (κ2) is 6.39. The van der Waals surface area contributed by atoms with Crippen LogP contribution in [0.1, 0.15) is 36.8 Å². The zero-order valence-corrected chi connectivity index (χ0v) is 13.2. The lowest BCUT2D eigenvalue weighted by Gasteiger charge is -2.17. The average molecular weight is 326 g/mol. The van der Waals surface area contributed by atoms with Crippen molar-refractivity contribution in [3.8, 4) is 0 Å². The molecule has 2 rings (SSSR count). The first kappa shape index (κ1) is 14.3. The van der Waals surface area contributed by atoms with Gasteiger partial charge in [0.2, 0.25) is 0 Å². The zero-order valence-electron chi connectivity index (χ0n) is 11.6. The molecule has 2 aromatic heterocycles. The molecule has 0 saturated carbocycles. The van der Waals surface area contributed by atoms with E-state index < -0.39 is 0 Å². The smallest absolute Gasteiger partial charge is 0.0950 e. The van der Waals surface area contributed by atoms with E-state index in [2.05, 4.69) is 44.9 Å². The second-order valence-electron chi connectivity index (χ2n) is 4.53. The van der Waals surface area contributed by atoms with Gasteiger partial charge in [0.05, 0.1) is 28.4 Å². The first-order valence-electron chi connectivity index (χ1n) is 6.64. The molecule has 0 spiro atoms. The quantitative estimate of drug-likeness (QED) is 0.884. The van der Waals surface area contributed by atoms with Gasteiger partial charge in [0.1, 0.15) is 0 Å².